The highest BCUT2D eigenvalue weighted by molar-refractivity contribution is 9.10. The molecule has 2 aromatic carbocycles. The van der Waals surface area contributed by atoms with Crippen LogP contribution in [0.4, 0.5) is 11.8 Å². The van der Waals surface area contributed by atoms with Gasteiger partial charge in [0.2, 0.25) is 5.95 Å². The summed E-state index contributed by atoms with van der Waals surface area (Å²) >= 11 is 3.55. The zero-order chi connectivity index (χ0) is 14.8. The molecule has 0 unspecified atom stereocenters. The van der Waals surface area contributed by atoms with Gasteiger partial charge in [-0.1, -0.05) is 46.3 Å². The minimum absolute atomic E-state index is 0.133. The molecular formula is C15H13BrN4O. The van der Waals surface area contributed by atoms with Gasteiger partial charge in [0, 0.05) is 4.47 Å². The molecule has 0 spiro atoms. The van der Waals surface area contributed by atoms with Crippen LogP contribution in [0.1, 0.15) is 5.56 Å². The normalized spacial score (nSPS) is 10.7. The van der Waals surface area contributed by atoms with Crippen LogP contribution in [0.15, 0.2) is 47.1 Å². The summed E-state index contributed by atoms with van der Waals surface area (Å²) < 4.78 is 6.76. The molecule has 3 aromatic rings. The average molecular weight is 345 g/mol. The van der Waals surface area contributed by atoms with Crippen molar-refractivity contribution >= 4 is 38.5 Å². The Labute approximate surface area is 130 Å². The minimum atomic E-state index is 0.133. The first kappa shape index (κ1) is 13.6. The SMILES string of the molecule is Nc1ncc(OCc2ccc(Br)c3ccccc23)c(N)n1. The number of halogens is 1. The molecule has 6 heteroatoms. The van der Waals surface area contributed by atoms with Gasteiger partial charge in [0.05, 0.1) is 6.20 Å². The fourth-order valence-corrected chi connectivity index (χ4v) is 2.59. The van der Waals surface area contributed by atoms with Gasteiger partial charge < -0.3 is 16.2 Å². The molecule has 0 aliphatic carbocycles. The standard InChI is InChI=1S/C15H13BrN4O/c16-12-6-5-9(10-3-1-2-4-11(10)12)8-21-13-7-19-15(18)20-14(13)17/h1-7H,8H2,(H4,17,18,19,20). The van der Waals surface area contributed by atoms with Gasteiger partial charge in [-0.15, -0.1) is 0 Å². The molecule has 5 nitrogen and oxygen atoms in total. The van der Waals surface area contributed by atoms with E-state index >= 15 is 0 Å². The summed E-state index contributed by atoms with van der Waals surface area (Å²) in [5.41, 5.74) is 12.3. The van der Waals surface area contributed by atoms with Crippen molar-refractivity contribution in [1.82, 2.24) is 9.97 Å². The van der Waals surface area contributed by atoms with E-state index in [0.29, 0.717) is 12.4 Å². The molecule has 0 aliphatic rings. The highest BCUT2D eigenvalue weighted by Crippen LogP contribution is 2.28. The largest absolute Gasteiger partial charge is 0.483 e. The molecule has 0 saturated heterocycles. The maximum Gasteiger partial charge on any atom is 0.222 e. The minimum Gasteiger partial charge on any atom is -0.483 e. The lowest BCUT2D eigenvalue weighted by Gasteiger charge is -2.11. The Kier molecular flexibility index (Phi) is 3.62. The number of hydrogen-bond acceptors (Lipinski definition) is 5. The van der Waals surface area contributed by atoms with E-state index in [-0.39, 0.29) is 11.8 Å². The van der Waals surface area contributed by atoms with Crippen LogP contribution in [0.3, 0.4) is 0 Å². The van der Waals surface area contributed by atoms with Gasteiger partial charge in [-0.05, 0) is 22.4 Å². The predicted molar refractivity (Wildman–Crippen MR) is 86.8 cm³/mol. The summed E-state index contributed by atoms with van der Waals surface area (Å²) in [7, 11) is 0. The Morgan fingerprint density at radius 3 is 2.57 bits per heavy atom. The molecule has 0 saturated carbocycles. The number of hydrogen-bond donors (Lipinski definition) is 2. The molecule has 4 N–H and O–H groups in total. The number of fused-ring (bicyclic) bond motifs is 1. The lowest BCUT2D eigenvalue weighted by atomic mass is 10.1. The van der Waals surface area contributed by atoms with Crippen LogP contribution in [0.5, 0.6) is 5.75 Å². The zero-order valence-corrected chi connectivity index (χ0v) is 12.7. The monoisotopic (exact) mass is 344 g/mol. The lowest BCUT2D eigenvalue weighted by molar-refractivity contribution is 0.307. The molecule has 3 rings (SSSR count). The maximum atomic E-state index is 5.76. The molecule has 0 aliphatic heterocycles. The van der Waals surface area contributed by atoms with Gasteiger partial charge in [-0.2, -0.15) is 4.98 Å². The number of benzene rings is 2. The highest BCUT2D eigenvalue weighted by Gasteiger charge is 2.07. The van der Waals surface area contributed by atoms with E-state index in [1.807, 2.05) is 24.3 Å². The van der Waals surface area contributed by atoms with E-state index in [2.05, 4.69) is 38.0 Å². The summed E-state index contributed by atoms with van der Waals surface area (Å²) in [6, 6.07) is 12.1. The number of ether oxygens (including phenoxy) is 1. The van der Waals surface area contributed by atoms with E-state index in [1.165, 1.54) is 6.20 Å². The van der Waals surface area contributed by atoms with Crippen LogP contribution in [0, 0.1) is 0 Å². The Balaban J connectivity index is 1.90. The fraction of sp³-hybridized carbons (Fsp3) is 0.0667. The van der Waals surface area contributed by atoms with Gasteiger partial charge in [0.25, 0.3) is 0 Å². The van der Waals surface area contributed by atoms with Gasteiger partial charge in [0.1, 0.15) is 6.61 Å². The van der Waals surface area contributed by atoms with Crippen LogP contribution in [-0.4, -0.2) is 9.97 Å². The molecular weight excluding hydrogens is 332 g/mol. The van der Waals surface area contributed by atoms with Crippen molar-refractivity contribution in [2.45, 2.75) is 6.61 Å². The summed E-state index contributed by atoms with van der Waals surface area (Å²) in [5, 5.41) is 2.27. The third-order valence-electron chi connectivity index (χ3n) is 3.15. The average Bonchev–Trinajstić information content (AvgIpc) is 2.48. The summed E-state index contributed by atoms with van der Waals surface area (Å²) in [4.78, 5) is 7.76. The first-order valence-corrected chi connectivity index (χ1v) is 7.11. The summed E-state index contributed by atoms with van der Waals surface area (Å²) in [6.07, 6.45) is 1.48. The van der Waals surface area contributed by atoms with E-state index in [0.717, 1.165) is 20.8 Å². The number of nitrogens with zero attached hydrogens (tertiary/aromatic N) is 2. The van der Waals surface area contributed by atoms with Crippen molar-refractivity contribution in [1.29, 1.82) is 0 Å². The number of nitrogens with two attached hydrogens (primary N) is 2. The Morgan fingerprint density at radius 1 is 1.05 bits per heavy atom. The zero-order valence-electron chi connectivity index (χ0n) is 11.1. The quantitative estimate of drug-likeness (QED) is 0.762. The molecule has 1 aromatic heterocycles. The first-order chi connectivity index (χ1) is 10.1. The molecule has 0 atom stereocenters. The van der Waals surface area contributed by atoms with E-state index in [1.54, 1.807) is 0 Å². The molecule has 0 bridgehead atoms. The number of anilines is 2. The van der Waals surface area contributed by atoms with Gasteiger partial charge in [-0.25, -0.2) is 4.98 Å². The molecule has 1 heterocycles. The topological polar surface area (TPSA) is 87.0 Å². The number of nitrogen functional groups attached to an aromatic ring is 2. The highest BCUT2D eigenvalue weighted by atomic mass is 79.9. The number of rotatable bonds is 3. The Morgan fingerprint density at radius 2 is 1.81 bits per heavy atom. The number of aromatic nitrogens is 2. The molecule has 0 fully saturated rings. The second kappa shape index (κ2) is 5.57. The van der Waals surface area contributed by atoms with Gasteiger partial charge >= 0.3 is 0 Å². The van der Waals surface area contributed by atoms with E-state index < -0.39 is 0 Å². The second-order valence-corrected chi connectivity index (χ2v) is 5.37. The molecule has 106 valence electrons. The van der Waals surface area contributed by atoms with E-state index in [4.69, 9.17) is 16.2 Å². The van der Waals surface area contributed by atoms with Crippen molar-refractivity contribution in [3.8, 4) is 5.75 Å². The van der Waals surface area contributed by atoms with Crippen molar-refractivity contribution in [2.24, 2.45) is 0 Å². The maximum absolute atomic E-state index is 5.76. The van der Waals surface area contributed by atoms with E-state index in [9.17, 15) is 0 Å². The first-order valence-electron chi connectivity index (χ1n) is 6.32. The fourth-order valence-electron chi connectivity index (χ4n) is 2.12. The molecule has 0 amide bonds. The second-order valence-electron chi connectivity index (χ2n) is 4.52. The predicted octanol–water partition coefficient (Wildman–Crippen LogP) is 3.14. The van der Waals surface area contributed by atoms with Crippen LogP contribution in [0.25, 0.3) is 10.8 Å². The Bertz CT molecular complexity index is 807. The smallest absolute Gasteiger partial charge is 0.222 e. The third kappa shape index (κ3) is 2.75. The lowest BCUT2D eigenvalue weighted by Crippen LogP contribution is -2.04. The third-order valence-corrected chi connectivity index (χ3v) is 3.84. The Hall–Kier alpha value is -2.34. The van der Waals surface area contributed by atoms with Crippen LogP contribution in [0.2, 0.25) is 0 Å². The summed E-state index contributed by atoms with van der Waals surface area (Å²) in [6.45, 7) is 0.380. The summed E-state index contributed by atoms with van der Waals surface area (Å²) in [5.74, 6) is 0.800. The molecule has 0 radical (unpaired) electrons. The van der Waals surface area contributed by atoms with Crippen LogP contribution in [-0.2, 0) is 6.61 Å². The molecule has 21 heavy (non-hydrogen) atoms. The van der Waals surface area contributed by atoms with Crippen molar-refractivity contribution in [2.75, 3.05) is 11.5 Å². The van der Waals surface area contributed by atoms with Crippen molar-refractivity contribution < 1.29 is 4.74 Å². The van der Waals surface area contributed by atoms with Crippen LogP contribution < -0.4 is 16.2 Å². The van der Waals surface area contributed by atoms with Crippen molar-refractivity contribution in [3.63, 3.8) is 0 Å². The van der Waals surface area contributed by atoms with Gasteiger partial charge in [0.15, 0.2) is 11.6 Å². The van der Waals surface area contributed by atoms with Crippen LogP contribution >= 0.6 is 15.9 Å². The van der Waals surface area contributed by atoms with Crippen molar-refractivity contribution in [3.05, 3.63) is 52.6 Å². The van der Waals surface area contributed by atoms with Gasteiger partial charge in [-0.3, -0.25) is 0 Å².